The zero-order chi connectivity index (χ0) is 15.0. The van der Waals surface area contributed by atoms with E-state index in [4.69, 9.17) is 0 Å². The molecule has 0 amide bonds. The molecular formula is C14H24N4O2S. The SMILES string of the molecule is CCC1CCCN1S(=O)(=O)c1c(CNC2CC2)n[nH]c1C. The van der Waals surface area contributed by atoms with Crippen LogP contribution in [0.15, 0.2) is 4.90 Å². The van der Waals surface area contributed by atoms with Crippen LogP contribution in [0.3, 0.4) is 0 Å². The molecule has 1 aromatic rings. The lowest BCUT2D eigenvalue weighted by Crippen LogP contribution is -2.36. The Hall–Kier alpha value is -0.920. The summed E-state index contributed by atoms with van der Waals surface area (Å²) >= 11 is 0. The summed E-state index contributed by atoms with van der Waals surface area (Å²) in [6.45, 7) is 4.99. The normalized spacial score (nSPS) is 23.8. The third kappa shape index (κ3) is 2.86. The molecule has 2 fully saturated rings. The fourth-order valence-electron chi connectivity index (χ4n) is 3.11. The fraction of sp³-hybridized carbons (Fsp3) is 0.786. The van der Waals surface area contributed by atoms with Gasteiger partial charge in [0.05, 0.1) is 11.4 Å². The van der Waals surface area contributed by atoms with Crippen LogP contribution >= 0.6 is 0 Å². The molecule has 0 bridgehead atoms. The lowest BCUT2D eigenvalue weighted by Gasteiger charge is -2.23. The third-order valence-corrected chi connectivity index (χ3v) is 6.61. The Morgan fingerprint density at radius 3 is 2.81 bits per heavy atom. The van der Waals surface area contributed by atoms with Crippen LogP contribution < -0.4 is 5.32 Å². The number of H-pyrrole nitrogens is 1. The molecule has 2 N–H and O–H groups in total. The lowest BCUT2D eigenvalue weighted by molar-refractivity contribution is 0.379. The molecule has 1 aromatic heterocycles. The van der Waals surface area contributed by atoms with Gasteiger partial charge in [-0.2, -0.15) is 9.40 Å². The highest BCUT2D eigenvalue weighted by atomic mass is 32.2. The van der Waals surface area contributed by atoms with Crippen LogP contribution in [0.25, 0.3) is 0 Å². The minimum absolute atomic E-state index is 0.133. The van der Waals surface area contributed by atoms with Crippen molar-refractivity contribution in [2.45, 2.75) is 69.5 Å². The molecular weight excluding hydrogens is 288 g/mol. The maximum absolute atomic E-state index is 13.0. The maximum atomic E-state index is 13.0. The van der Waals surface area contributed by atoms with E-state index in [9.17, 15) is 8.42 Å². The smallest absolute Gasteiger partial charge is 0.247 e. The van der Waals surface area contributed by atoms with E-state index in [-0.39, 0.29) is 6.04 Å². The van der Waals surface area contributed by atoms with Gasteiger partial charge in [-0.1, -0.05) is 6.92 Å². The van der Waals surface area contributed by atoms with Gasteiger partial charge in [0.2, 0.25) is 10.0 Å². The minimum atomic E-state index is -3.45. The lowest BCUT2D eigenvalue weighted by atomic mass is 10.2. The first-order valence-corrected chi connectivity index (χ1v) is 9.27. The number of sulfonamides is 1. The fourth-order valence-corrected chi connectivity index (χ4v) is 5.21. The topological polar surface area (TPSA) is 78.1 Å². The van der Waals surface area contributed by atoms with Crippen molar-refractivity contribution in [1.29, 1.82) is 0 Å². The van der Waals surface area contributed by atoms with Gasteiger partial charge in [0, 0.05) is 25.2 Å². The largest absolute Gasteiger partial charge is 0.308 e. The molecule has 1 unspecified atom stereocenters. The van der Waals surface area contributed by atoms with E-state index >= 15 is 0 Å². The van der Waals surface area contributed by atoms with Crippen molar-refractivity contribution >= 4 is 10.0 Å². The van der Waals surface area contributed by atoms with Crippen molar-refractivity contribution in [2.75, 3.05) is 6.54 Å². The second-order valence-corrected chi connectivity index (χ2v) is 7.93. The monoisotopic (exact) mass is 312 g/mol. The summed E-state index contributed by atoms with van der Waals surface area (Å²) in [5.41, 5.74) is 1.27. The maximum Gasteiger partial charge on any atom is 0.247 e. The molecule has 1 saturated carbocycles. The van der Waals surface area contributed by atoms with E-state index in [1.807, 2.05) is 0 Å². The highest BCUT2D eigenvalue weighted by Gasteiger charge is 2.37. The first kappa shape index (κ1) is 15.0. The Bertz CT molecular complexity index is 606. The molecule has 0 spiro atoms. The second-order valence-electron chi connectivity index (χ2n) is 6.10. The van der Waals surface area contributed by atoms with Gasteiger partial charge in [0.1, 0.15) is 4.90 Å². The Morgan fingerprint density at radius 1 is 1.38 bits per heavy atom. The van der Waals surface area contributed by atoms with E-state index in [0.29, 0.717) is 35.4 Å². The zero-order valence-corrected chi connectivity index (χ0v) is 13.5. The van der Waals surface area contributed by atoms with Gasteiger partial charge in [-0.3, -0.25) is 5.10 Å². The van der Waals surface area contributed by atoms with Crippen LogP contribution in [0.2, 0.25) is 0 Å². The predicted molar refractivity (Wildman–Crippen MR) is 80.4 cm³/mol. The standard InChI is InChI=1S/C14H24N4O2S/c1-3-12-5-4-8-18(12)21(19,20)14-10(2)16-17-13(14)9-15-11-6-7-11/h11-12,15H,3-9H2,1-2H3,(H,16,17). The van der Waals surface area contributed by atoms with Crippen molar-refractivity contribution in [2.24, 2.45) is 0 Å². The van der Waals surface area contributed by atoms with Gasteiger partial charge < -0.3 is 5.32 Å². The predicted octanol–water partition coefficient (Wildman–Crippen LogP) is 1.53. The Labute approximate surface area is 126 Å². The highest BCUT2D eigenvalue weighted by molar-refractivity contribution is 7.89. The van der Waals surface area contributed by atoms with Crippen molar-refractivity contribution < 1.29 is 8.42 Å². The van der Waals surface area contributed by atoms with Gasteiger partial charge in [-0.25, -0.2) is 8.42 Å². The summed E-state index contributed by atoms with van der Waals surface area (Å²) in [5.74, 6) is 0. The quantitative estimate of drug-likeness (QED) is 0.835. The molecule has 2 aliphatic rings. The molecule has 0 radical (unpaired) electrons. The van der Waals surface area contributed by atoms with Crippen LogP contribution in [-0.4, -0.2) is 41.5 Å². The number of hydrogen-bond acceptors (Lipinski definition) is 4. The Morgan fingerprint density at radius 2 is 2.14 bits per heavy atom. The van der Waals surface area contributed by atoms with Crippen molar-refractivity contribution in [3.8, 4) is 0 Å². The van der Waals surface area contributed by atoms with Gasteiger partial charge in [-0.15, -0.1) is 0 Å². The van der Waals surface area contributed by atoms with Crippen molar-refractivity contribution in [1.82, 2.24) is 19.8 Å². The molecule has 1 atom stereocenters. The molecule has 0 aromatic carbocycles. The highest BCUT2D eigenvalue weighted by Crippen LogP contribution is 2.30. The van der Waals surface area contributed by atoms with E-state index in [1.54, 1.807) is 11.2 Å². The first-order valence-electron chi connectivity index (χ1n) is 7.83. The number of hydrogen-bond donors (Lipinski definition) is 2. The summed E-state index contributed by atoms with van der Waals surface area (Å²) in [5, 5.41) is 10.4. The van der Waals surface area contributed by atoms with E-state index in [1.165, 1.54) is 12.8 Å². The number of aromatic nitrogens is 2. The molecule has 1 saturated heterocycles. The number of aryl methyl sites for hydroxylation is 1. The van der Waals surface area contributed by atoms with Crippen molar-refractivity contribution in [3.63, 3.8) is 0 Å². The summed E-state index contributed by atoms with van der Waals surface area (Å²) in [6, 6.07) is 0.668. The van der Waals surface area contributed by atoms with Crippen LogP contribution in [-0.2, 0) is 16.6 Å². The summed E-state index contributed by atoms with van der Waals surface area (Å²) < 4.78 is 27.7. The molecule has 1 aliphatic carbocycles. The van der Waals surface area contributed by atoms with Crippen LogP contribution in [0.1, 0.15) is 50.4 Å². The number of rotatable bonds is 6. The number of nitrogens with one attached hydrogen (secondary N) is 2. The van der Waals surface area contributed by atoms with Gasteiger partial charge in [-0.05, 0) is 39.0 Å². The molecule has 7 heteroatoms. The summed E-state index contributed by atoms with van der Waals surface area (Å²) in [7, 11) is -3.45. The number of aromatic amines is 1. The Kier molecular flexibility index (Phi) is 4.07. The van der Waals surface area contributed by atoms with Crippen LogP contribution in [0.4, 0.5) is 0 Å². The van der Waals surface area contributed by atoms with Gasteiger partial charge in [0.15, 0.2) is 0 Å². The van der Waals surface area contributed by atoms with Gasteiger partial charge >= 0.3 is 0 Å². The molecule has 2 heterocycles. The van der Waals surface area contributed by atoms with Crippen molar-refractivity contribution in [3.05, 3.63) is 11.4 Å². The van der Waals surface area contributed by atoms with Crippen LogP contribution in [0.5, 0.6) is 0 Å². The first-order chi connectivity index (χ1) is 10.0. The van der Waals surface area contributed by atoms with E-state index in [2.05, 4.69) is 22.4 Å². The van der Waals surface area contributed by atoms with Crippen LogP contribution in [0, 0.1) is 6.92 Å². The summed E-state index contributed by atoms with van der Waals surface area (Å²) in [6.07, 6.45) is 5.13. The zero-order valence-electron chi connectivity index (χ0n) is 12.7. The molecule has 1 aliphatic heterocycles. The molecule has 21 heavy (non-hydrogen) atoms. The Balaban J connectivity index is 1.88. The molecule has 3 rings (SSSR count). The van der Waals surface area contributed by atoms with E-state index in [0.717, 1.165) is 19.3 Å². The average molecular weight is 312 g/mol. The average Bonchev–Trinajstić information content (AvgIpc) is 3.00. The summed E-state index contributed by atoms with van der Waals surface area (Å²) in [4.78, 5) is 0.385. The third-order valence-electron chi connectivity index (χ3n) is 4.46. The molecule has 6 nitrogen and oxygen atoms in total. The van der Waals surface area contributed by atoms with Gasteiger partial charge in [0.25, 0.3) is 0 Å². The number of nitrogens with zero attached hydrogens (tertiary/aromatic N) is 2. The second kappa shape index (κ2) is 5.70. The minimum Gasteiger partial charge on any atom is -0.308 e. The molecule has 118 valence electrons. The van der Waals surface area contributed by atoms with E-state index < -0.39 is 10.0 Å².